The first-order valence-electron chi connectivity index (χ1n) is 10.1. The lowest BCUT2D eigenvalue weighted by molar-refractivity contribution is -0.120. The molecule has 3 N–H and O–H groups in total. The van der Waals surface area contributed by atoms with Gasteiger partial charge in [0.25, 0.3) is 5.91 Å². The van der Waals surface area contributed by atoms with Crippen LogP contribution in [0.25, 0.3) is 0 Å². The van der Waals surface area contributed by atoms with Crippen LogP contribution in [-0.2, 0) is 15.0 Å². The molecule has 1 atom stereocenters. The molecular formula is C23H27N3O4. The zero-order valence-corrected chi connectivity index (χ0v) is 17.5. The molecule has 2 aromatic carbocycles. The molecule has 0 aromatic heterocycles. The fourth-order valence-corrected chi connectivity index (χ4v) is 3.08. The smallest absolute Gasteiger partial charge is 0.322 e. The summed E-state index contributed by atoms with van der Waals surface area (Å²) in [5, 5.41) is 7.39. The average Bonchev–Trinajstić information content (AvgIpc) is 3.05. The number of urea groups is 1. The second-order valence-corrected chi connectivity index (χ2v) is 7.99. The maximum atomic E-state index is 12.1. The molecule has 1 fully saturated rings. The van der Waals surface area contributed by atoms with E-state index in [0.717, 1.165) is 12.2 Å². The molecule has 1 aliphatic heterocycles. The molecule has 30 heavy (non-hydrogen) atoms. The summed E-state index contributed by atoms with van der Waals surface area (Å²) in [5.74, 6) is 0.785. The van der Waals surface area contributed by atoms with E-state index < -0.39 is 18.0 Å². The van der Waals surface area contributed by atoms with E-state index in [1.165, 1.54) is 5.56 Å². The van der Waals surface area contributed by atoms with Gasteiger partial charge in [-0.3, -0.25) is 14.9 Å². The lowest BCUT2D eigenvalue weighted by Gasteiger charge is -2.23. The van der Waals surface area contributed by atoms with Crippen molar-refractivity contribution in [1.29, 1.82) is 0 Å². The van der Waals surface area contributed by atoms with Crippen LogP contribution in [0, 0.1) is 0 Å². The zero-order valence-electron chi connectivity index (χ0n) is 17.5. The molecular weight excluding hydrogens is 382 g/mol. The Hall–Kier alpha value is -3.35. The standard InChI is InChI=1S/C23H27N3O4/c1-4-23(2,3)15-5-9-17(10-6-15)30-18-11-7-16(8-12-18)24-20(27)14-13-19-21(28)26-22(29)25-19/h5-12,19H,4,13-14H2,1-3H3,(H,24,27)(H2,25,26,28,29). The van der Waals surface area contributed by atoms with Crippen LogP contribution in [0.5, 0.6) is 11.5 Å². The van der Waals surface area contributed by atoms with Crippen molar-refractivity contribution in [1.82, 2.24) is 10.6 Å². The molecule has 7 nitrogen and oxygen atoms in total. The van der Waals surface area contributed by atoms with Crippen molar-refractivity contribution < 1.29 is 19.1 Å². The van der Waals surface area contributed by atoms with Gasteiger partial charge < -0.3 is 15.4 Å². The number of benzene rings is 2. The number of anilines is 1. The number of hydrogen-bond acceptors (Lipinski definition) is 4. The second kappa shape index (κ2) is 8.98. The van der Waals surface area contributed by atoms with E-state index >= 15 is 0 Å². The number of amides is 4. The summed E-state index contributed by atoms with van der Waals surface area (Å²) >= 11 is 0. The molecule has 4 amide bonds. The van der Waals surface area contributed by atoms with Crippen molar-refractivity contribution in [2.24, 2.45) is 0 Å². The molecule has 0 radical (unpaired) electrons. The Bertz CT molecular complexity index is 920. The molecule has 0 aliphatic carbocycles. The number of carbonyl (C=O) groups is 3. The highest BCUT2D eigenvalue weighted by Crippen LogP contribution is 2.30. The summed E-state index contributed by atoms with van der Waals surface area (Å²) in [7, 11) is 0. The van der Waals surface area contributed by atoms with Gasteiger partial charge in [0.15, 0.2) is 0 Å². The van der Waals surface area contributed by atoms with E-state index in [4.69, 9.17) is 4.74 Å². The van der Waals surface area contributed by atoms with Gasteiger partial charge >= 0.3 is 6.03 Å². The first kappa shape index (κ1) is 21.4. The van der Waals surface area contributed by atoms with E-state index in [0.29, 0.717) is 11.4 Å². The Balaban J connectivity index is 1.50. The Morgan fingerprint density at radius 3 is 2.17 bits per heavy atom. The van der Waals surface area contributed by atoms with Crippen molar-refractivity contribution in [2.45, 2.75) is 51.5 Å². The molecule has 3 rings (SSSR count). The summed E-state index contributed by atoms with van der Waals surface area (Å²) in [4.78, 5) is 34.7. The highest BCUT2D eigenvalue weighted by atomic mass is 16.5. The largest absolute Gasteiger partial charge is 0.457 e. The Kier molecular flexibility index (Phi) is 6.40. The number of carbonyl (C=O) groups excluding carboxylic acids is 3. The quantitative estimate of drug-likeness (QED) is 0.572. The van der Waals surface area contributed by atoms with E-state index in [9.17, 15) is 14.4 Å². The van der Waals surface area contributed by atoms with Crippen LogP contribution in [0.1, 0.15) is 45.6 Å². The highest BCUT2D eigenvalue weighted by Gasteiger charge is 2.29. The third-order valence-corrected chi connectivity index (χ3v) is 5.41. The molecule has 1 aliphatic rings. The van der Waals surface area contributed by atoms with Gasteiger partial charge in [-0.2, -0.15) is 0 Å². The lowest BCUT2D eigenvalue weighted by Crippen LogP contribution is -2.30. The Labute approximate surface area is 176 Å². The van der Waals surface area contributed by atoms with Gasteiger partial charge in [-0.1, -0.05) is 32.9 Å². The summed E-state index contributed by atoms with van der Waals surface area (Å²) in [6.07, 6.45) is 1.43. The Morgan fingerprint density at radius 2 is 1.63 bits per heavy atom. The third-order valence-electron chi connectivity index (χ3n) is 5.41. The molecule has 2 aromatic rings. The van der Waals surface area contributed by atoms with E-state index in [1.807, 2.05) is 12.1 Å². The Morgan fingerprint density at radius 1 is 1.03 bits per heavy atom. The molecule has 7 heteroatoms. The third kappa shape index (κ3) is 5.37. The first-order chi connectivity index (χ1) is 14.3. The molecule has 0 spiro atoms. The van der Waals surface area contributed by atoms with Gasteiger partial charge in [-0.05, 0) is 60.2 Å². The summed E-state index contributed by atoms with van der Waals surface area (Å²) in [6, 6.07) is 14.0. The number of ether oxygens (including phenoxy) is 1. The fraction of sp³-hybridized carbons (Fsp3) is 0.348. The highest BCUT2D eigenvalue weighted by molar-refractivity contribution is 6.04. The van der Waals surface area contributed by atoms with Gasteiger partial charge in [0.1, 0.15) is 17.5 Å². The van der Waals surface area contributed by atoms with Crippen molar-refractivity contribution in [3.63, 3.8) is 0 Å². The van der Waals surface area contributed by atoms with Gasteiger partial charge in [-0.15, -0.1) is 0 Å². The van der Waals surface area contributed by atoms with Crippen molar-refractivity contribution >= 4 is 23.5 Å². The molecule has 1 saturated heterocycles. The second-order valence-electron chi connectivity index (χ2n) is 7.99. The SMILES string of the molecule is CCC(C)(C)c1ccc(Oc2ccc(NC(=O)CCC3NC(=O)NC3=O)cc2)cc1. The number of nitrogens with one attached hydrogen (secondary N) is 3. The van der Waals surface area contributed by atoms with Gasteiger partial charge in [0.05, 0.1) is 0 Å². The fourth-order valence-electron chi connectivity index (χ4n) is 3.08. The van der Waals surface area contributed by atoms with Crippen molar-refractivity contribution in [2.75, 3.05) is 5.32 Å². The first-order valence-corrected chi connectivity index (χ1v) is 10.1. The predicted molar refractivity (Wildman–Crippen MR) is 115 cm³/mol. The average molecular weight is 409 g/mol. The summed E-state index contributed by atoms with van der Waals surface area (Å²) in [5.41, 5.74) is 2.03. The predicted octanol–water partition coefficient (Wildman–Crippen LogP) is 4.09. The number of hydrogen-bond donors (Lipinski definition) is 3. The van der Waals surface area contributed by atoms with Crippen LogP contribution in [0.15, 0.2) is 48.5 Å². The van der Waals surface area contributed by atoms with E-state index in [2.05, 4.69) is 48.9 Å². The molecule has 1 unspecified atom stereocenters. The van der Waals surface area contributed by atoms with E-state index in [-0.39, 0.29) is 24.2 Å². The minimum atomic E-state index is -0.659. The van der Waals surface area contributed by atoms with Gasteiger partial charge in [0.2, 0.25) is 5.91 Å². The van der Waals surface area contributed by atoms with Crippen LogP contribution in [0.3, 0.4) is 0 Å². The van der Waals surface area contributed by atoms with Crippen molar-refractivity contribution in [3.8, 4) is 11.5 Å². The van der Waals surface area contributed by atoms with Gasteiger partial charge in [-0.25, -0.2) is 4.79 Å². The molecule has 1 heterocycles. The maximum Gasteiger partial charge on any atom is 0.322 e. The van der Waals surface area contributed by atoms with Crippen LogP contribution < -0.4 is 20.7 Å². The minimum Gasteiger partial charge on any atom is -0.457 e. The van der Waals surface area contributed by atoms with E-state index in [1.54, 1.807) is 24.3 Å². The monoisotopic (exact) mass is 409 g/mol. The van der Waals surface area contributed by atoms with Gasteiger partial charge in [0, 0.05) is 12.1 Å². The lowest BCUT2D eigenvalue weighted by atomic mass is 9.82. The zero-order chi connectivity index (χ0) is 21.7. The van der Waals surface area contributed by atoms with Crippen LogP contribution >= 0.6 is 0 Å². The normalized spacial score (nSPS) is 16.0. The minimum absolute atomic E-state index is 0.122. The van der Waals surface area contributed by atoms with Crippen LogP contribution in [-0.4, -0.2) is 23.9 Å². The summed E-state index contributed by atoms with van der Waals surface area (Å²) < 4.78 is 5.88. The molecule has 0 bridgehead atoms. The van der Waals surface area contributed by atoms with Crippen LogP contribution in [0.4, 0.5) is 10.5 Å². The van der Waals surface area contributed by atoms with Crippen LogP contribution in [0.2, 0.25) is 0 Å². The molecule has 158 valence electrons. The number of imide groups is 1. The number of rotatable bonds is 8. The maximum absolute atomic E-state index is 12.1. The molecule has 0 saturated carbocycles. The topological polar surface area (TPSA) is 96.5 Å². The van der Waals surface area contributed by atoms with Crippen molar-refractivity contribution in [3.05, 3.63) is 54.1 Å². The summed E-state index contributed by atoms with van der Waals surface area (Å²) in [6.45, 7) is 6.61.